The Kier molecular flexibility index (Phi) is 6.88. The maximum absolute atomic E-state index is 13.6. The summed E-state index contributed by atoms with van der Waals surface area (Å²) in [6.07, 6.45) is -4.72. The first-order valence-corrected chi connectivity index (χ1v) is 10.1. The molecule has 0 aliphatic heterocycles. The van der Waals surface area contributed by atoms with Crippen LogP contribution in [0.4, 0.5) is 18.9 Å². The molecule has 10 heteroatoms. The molecule has 32 heavy (non-hydrogen) atoms. The minimum Gasteiger partial charge on any atom is -0.348 e. The minimum atomic E-state index is -4.74. The zero-order valence-electron chi connectivity index (χ0n) is 17.3. The van der Waals surface area contributed by atoms with Gasteiger partial charge in [-0.1, -0.05) is 48.9 Å². The molecule has 0 unspecified atom stereocenters. The minimum absolute atomic E-state index is 0.0165. The van der Waals surface area contributed by atoms with Gasteiger partial charge < -0.3 is 10.6 Å². The fourth-order valence-corrected chi connectivity index (χ4v) is 3.43. The van der Waals surface area contributed by atoms with Crippen molar-refractivity contribution in [2.45, 2.75) is 26.1 Å². The number of aromatic nitrogens is 2. The molecule has 3 aromatic rings. The summed E-state index contributed by atoms with van der Waals surface area (Å²) in [6.45, 7) is 1.79. The number of hydrogen-bond acceptors (Lipinski definition) is 3. The predicted molar refractivity (Wildman–Crippen MR) is 115 cm³/mol. The van der Waals surface area contributed by atoms with Crippen LogP contribution in [0.25, 0.3) is 0 Å². The van der Waals surface area contributed by atoms with E-state index in [1.165, 1.54) is 32.2 Å². The van der Waals surface area contributed by atoms with Crippen LogP contribution < -0.4 is 10.6 Å². The van der Waals surface area contributed by atoms with Crippen molar-refractivity contribution in [2.75, 3.05) is 5.32 Å². The standard InChI is InChI=1S/C22H20ClF3N4O2/c1-3-17-18(22(24,25)26)19(30(2)29-17)21(32)28-14-9-10-16(23)15(11-14)20(31)27-12-13-7-5-4-6-8-13/h4-11H,3,12H2,1-2H3,(H,27,31)(H,28,32). The Morgan fingerprint density at radius 1 is 1.09 bits per heavy atom. The fraction of sp³-hybridized carbons (Fsp3) is 0.227. The molecule has 1 heterocycles. The first-order chi connectivity index (χ1) is 15.1. The van der Waals surface area contributed by atoms with Crippen LogP contribution >= 0.6 is 11.6 Å². The largest absolute Gasteiger partial charge is 0.420 e. The van der Waals surface area contributed by atoms with E-state index in [0.717, 1.165) is 10.2 Å². The van der Waals surface area contributed by atoms with E-state index >= 15 is 0 Å². The van der Waals surface area contributed by atoms with Crippen molar-refractivity contribution >= 4 is 29.1 Å². The predicted octanol–water partition coefficient (Wildman–Crippen LogP) is 4.84. The number of aryl methyl sites for hydroxylation is 2. The van der Waals surface area contributed by atoms with Gasteiger partial charge in [0.1, 0.15) is 11.3 Å². The molecule has 6 nitrogen and oxygen atoms in total. The molecule has 2 amide bonds. The highest BCUT2D eigenvalue weighted by atomic mass is 35.5. The van der Waals surface area contributed by atoms with Gasteiger partial charge in [0.2, 0.25) is 0 Å². The van der Waals surface area contributed by atoms with E-state index in [4.69, 9.17) is 11.6 Å². The summed E-state index contributed by atoms with van der Waals surface area (Å²) in [5, 5.41) is 9.08. The van der Waals surface area contributed by atoms with Crippen LogP contribution in [-0.4, -0.2) is 21.6 Å². The van der Waals surface area contributed by atoms with Crippen LogP contribution in [-0.2, 0) is 26.2 Å². The zero-order chi connectivity index (χ0) is 23.5. The highest BCUT2D eigenvalue weighted by Gasteiger charge is 2.41. The van der Waals surface area contributed by atoms with Crippen LogP contribution in [0.15, 0.2) is 48.5 Å². The van der Waals surface area contributed by atoms with Gasteiger partial charge in [-0.2, -0.15) is 18.3 Å². The van der Waals surface area contributed by atoms with Gasteiger partial charge in [-0.3, -0.25) is 14.3 Å². The Balaban J connectivity index is 1.83. The van der Waals surface area contributed by atoms with E-state index in [1.54, 1.807) is 0 Å². The third-order valence-electron chi connectivity index (χ3n) is 4.72. The lowest BCUT2D eigenvalue weighted by molar-refractivity contribution is -0.138. The molecule has 0 aliphatic rings. The van der Waals surface area contributed by atoms with Crippen LogP contribution in [0.2, 0.25) is 5.02 Å². The van der Waals surface area contributed by atoms with Crippen molar-refractivity contribution in [1.82, 2.24) is 15.1 Å². The number of hydrogen-bond donors (Lipinski definition) is 2. The monoisotopic (exact) mass is 464 g/mol. The van der Waals surface area contributed by atoms with Crippen molar-refractivity contribution in [2.24, 2.45) is 7.05 Å². The van der Waals surface area contributed by atoms with Gasteiger partial charge in [0.15, 0.2) is 0 Å². The third-order valence-corrected chi connectivity index (χ3v) is 5.05. The van der Waals surface area contributed by atoms with Crippen LogP contribution in [0, 0.1) is 0 Å². The lowest BCUT2D eigenvalue weighted by Crippen LogP contribution is -2.24. The van der Waals surface area contributed by atoms with Crippen molar-refractivity contribution in [1.29, 1.82) is 0 Å². The second-order valence-corrected chi connectivity index (χ2v) is 7.37. The number of benzene rings is 2. The first kappa shape index (κ1) is 23.3. The van der Waals surface area contributed by atoms with Gasteiger partial charge in [0, 0.05) is 19.3 Å². The van der Waals surface area contributed by atoms with E-state index in [1.807, 2.05) is 30.3 Å². The average molecular weight is 465 g/mol. The number of carbonyl (C=O) groups is 2. The van der Waals surface area contributed by atoms with Gasteiger partial charge >= 0.3 is 6.18 Å². The molecule has 0 saturated carbocycles. The first-order valence-electron chi connectivity index (χ1n) is 9.68. The second kappa shape index (κ2) is 9.44. The van der Waals surface area contributed by atoms with Crippen molar-refractivity contribution in [3.63, 3.8) is 0 Å². The molecule has 2 aromatic carbocycles. The van der Waals surface area contributed by atoms with E-state index < -0.39 is 29.2 Å². The maximum Gasteiger partial charge on any atom is 0.420 e. The van der Waals surface area contributed by atoms with E-state index in [2.05, 4.69) is 15.7 Å². The molecule has 0 aliphatic carbocycles. The highest BCUT2D eigenvalue weighted by molar-refractivity contribution is 6.34. The molecule has 3 rings (SSSR count). The summed E-state index contributed by atoms with van der Waals surface area (Å²) in [6, 6.07) is 13.3. The Hall–Kier alpha value is -3.33. The molecule has 0 fully saturated rings. The summed E-state index contributed by atoms with van der Waals surface area (Å²) < 4.78 is 41.6. The molecule has 168 valence electrons. The Labute approximate surface area is 187 Å². The van der Waals surface area contributed by atoms with E-state index in [-0.39, 0.29) is 34.9 Å². The molecular formula is C22H20ClF3N4O2. The molecule has 0 radical (unpaired) electrons. The summed E-state index contributed by atoms with van der Waals surface area (Å²) in [4.78, 5) is 25.3. The van der Waals surface area contributed by atoms with Crippen molar-refractivity contribution < 1.29 is 22.8 Å². The Morgan fingerprint density at radius 3 is 2.41 bits per heavy atom. The van der Waals surface area contributed by atoms with Crippen LogP contribution in [0.1, 0.15) is 44.6 Å². The molecule has 0 spiro atoms. The summed E-state index contributed by atoms with van der Waals surface area (Å²) in [7, 11) is 1.27. The lowest BCUT2D eigenvalue weighted by Gasteiger charge is -2.12. The second-order valence-electron chi connectivity index (χ2n) is 6.96. The van der Waals surface area contributed by atoms with E-state index in [9.17, 15) is 22.8 Å². The van der Waals surface area contributed by atoms with Crippen molar-refractivity contribution in [3.8, 4) is 0 Å². The van der Waals surface area contributed by atoms with Crippen molar-refractivity contribution in [3.05, 3.63) is 81.6 Å². The lowest BCUT2D eigenvalue weighted by atomic mass is 10.1. The number of anilines is 1. The molecule has 1 aromatic heterocycles. The molecular weight excluding hydrogens is 445 g/mol. The van der Waals surface area contributed by atoms with Gasteiger partial charge in [0.25, 0.3) is 11.8 Å². The maximum atomic E-state index is 13.6. The molecule has 0 atom stereocenters. The van der Waals surface area contributed by atoms with E-state index in [0.29, 0.717) is 0 Å². The number of rotatable bonds is 6. The molecule has 2 N–H and O–H groups in total. The number of halogens is 4. The van der Waals surface area contributed by atoms with Crippen LogP contribution in [0.3, 0.4) is 0 Å². The Bertz CT molecular complexity index is 1140. The number of nitrogens with zero attached hydrogens (tertiary/aromatic N) is 2. The SMILES string of the molecule is CCc1nn(C)c(C(=O)Nc2ccc(Cl)c(C(=O)NCc3ccccc3)c2)c1C(F)(F)F. The smallest absolute Gasteiger partial charge is 0.348 e. The van der Waals surface area contributed by atoms with Gasteiger partial charge in [-0.25, -0.2) is 0 Å². The number of nitrogens with one attached hydrogen (secondary N) is 2. The average Bonchev–Trinajstić information content (AvgIpc) is 3.11. The molecule has 0 saturated heterocycles. The zero-order valence-corrected chi connectivity index (χ0v) is 18.0. The van der Waals surface area contributed by atoms with Gasteiger partial charge in [-0.05, 0) is 30.2 Å². The highest BCUT2D eigenvalue weighted by Crippen LogP contribution is 2.35. The van der Waals surface area contributed by atoms with Crippen LogP contribution in [0.5, 0.6) is 0 Å². The summed E-state index contributed by atoms with van der Waals surface area (Å²) in [5.74, 6) is -1.48. The summed E-state index contributed by atoms with van der Waals surface area (Å²) >= 11 is 6.12. The third kappa shape index (κ3) is 5.11. The Morgan fingerprint density at radius 2 is 1.78 bits per heavy atom. The number of carbonyl (C=O) groups excluding carboxylic acids is 2. The van der Waals surface area contributed by atoms with Gasteiger partial charge in [-0.15, -0.1) is 0 Å². The normalized spacial score (nSPS) is 11.3. The summed E-state index contributed by atoms with van der Waals surface area (Å²) in [5.41, 5.74) is -0.826. The topological polar surface area (TPSA) is 76.0 Å². The molecule has 0 bridgehead atoms. The fourth-order valence-electron chi connectivity index (χ4n) is 3.23. The number of alkyl halides is 3. The van der Waals surface area contributed by atoms with Gasteiger partial charge in [0.05, 0.1) is 16.3 Å². The number of amides is 2. The quantitative estimate of drug-likeness (QED) is 0.548.